The molecule has 1 amide bonds. The highest BCUT2D eigenvalue weighted by molar-refractivity contribution is 5.92. The standard InChI is InChI=1S/C20H33N3O2/c1-4-5-6-11-23(17(2)3)16-20(24)21-18-7-9-19(10-8-18)22-12-14-25-15-13-22/h7-10,17H,4-6,11-16H2,1-3H3,(H,21,24). The van der Waals surface area contributed by atoms with E-state index < -0.39 is 0 Å². The van der Waals surface area contributed by atoms with E-state index in [4.69, 9.17) is 4.74 Å². The molecule has 1 aromatic rings. The maximum Gasteiger partial charge on any atom is 0.238 e. The predicted octanol–water partition coefficient (Wildman–Crippen LogP) is 3.36. The Bertz CT molecular complexity index is 510. The quantitative estimate of drug-likeness (QED) is 0.696. The lowest BCUT2D eigenvalue weighted by Crippen LogP contribution is -2.38. The number of nitrogens with one attached hydrogen (secondary N) is 1. The van der Waals surface area contributed by atoms with Crippen LogP contribution in [0.1, 0.15) is 40.0 Å². The van der Waals surface area contributed by atoms with Crippen molar-refractivity contribution in [3.63, 3.8) is 0 Å². The van der Waals surface area contributed by atoms with Crippen molar-refractivity contribution in [2.24, 2.45) is 0 Å². The highest BCUT2D eigenvalue weighted by atomic mass is 16.5. The number of nitrogens with zero attached hydrogens (tertiary/aromatic N) is 2. The summed E-state index contributed by atoms with van der Waals surface area (Å²) in [5.41, 5.74) is 2.05. The van der Waals surface area contributed by atoms with E-state index >= 15 is 0 Å². The van der Waals surface area contributed by atoms with E-state index in [-0.39, 0.29) is 5.91 Å². The van der Waals surface area contributed by atoms with Gasteiger partial charge in [0, 0.05) is 30.5 Å². The number of carbonyl (C=O) groups excluding carboxylic acids is 1. The van der Waals surface area contributed by atoms with Crippen LogP contribution in [0, 0.1) is 0 Å². The van der Waals surface area contributed by atoms with Gasteiger partial charge < -0.3 is 15.0 Å². The van der Waals surface area contributed by atoms with Crippen molar-refractivity contribution in [1.29, 1.82) is 0 Å². The number of hydrogen-bond acceptors (Lipinski definition) is 4. The Morgan fingerprint density at radius 1 is 1.20 bits per heavy atom. The summed E-state index contributed by atoms with van der Waals surface area (Å²) >= 11 is 0. The lowest BCUT2D eigenvalue weighted by atomic mass is 10.2. The van der Waals surface area contributed by atoms with Gasteiger partial charge in [-0.05, 0) is 51.1 Å². The van der Waals surface area contributed by atoms with Gasteiger partial charge in [-0.15, -0.1) is 0 Å². The van der Waals surface area contributed by atoms with E-state index in [0.29, 0.717) is 12.6 Å². The molecule has 1 saturated heterocycles. The molecule has 0 unspecified atom stereocenters. The van der Waals surface area contributed by atoms with Gasteiger partial charge in [-0.2, -0.15) is 0 Å². The zero-order chi connectivity index (χ0) is 18.1. The Hall–Kier alpha value is -1.59. The first-order valence-corrected chi connectivity index (χ1v) is 9.56. The van der Waals surface area contributed by atoms with Gasteiger partial charge in [-0.25, -0.2) is 0 Å². The fourth-order valence-corrected chi connectivity index (χ4v) is 3.05. The smallest absolute Gasteiger partial charge is 0.238 e. The van der Waals surface area contributed by atoms with Crippen LogP contribution >= 0.6 is 0 Å². The molecular formula is C20H33N3O2. The monoisotopic (exact) mass is 347 g/mol. The Labute approximate surface area is 152 Å². The van der Waals surface area contributed by atoms with Crippen LogP contribution in [0.3, 0.4) is 0 Å². The van der Waals surface area contributed by atoms with Crippen LogP contribution < -0.4 is 10.2 Å². The number of hydrogen-bond donors (Lipinski definition) is 1. The van der Waals surface area contributed by atoms with Crippen LogP contribution in [-0.4, -0.2) is 56.2 Å². The second-order valence-corrected chi connectivity index (χ2v) is 6.97. The molecule has 1 aromatic carbocycles. The second kappa shape index (κ2) is 10.4. The largest absolute Gasteiger partial charge is 0.378 e. The van der Waals surface area contributed by atoms with Crippen molar-refractivity contribution in [2.45, 2.75) is 46.1 Å². The van der Waals surface area contributed by atoms with Crippen LogP contribution in [0.2, 0.25) is 0 Å². The average molecular weight is 348 g/mol. The van der Waals surface area contributed by atoms with E-state index in [9.17, 15) is 4.79 Å². The molecule has 5 nitrogen and oxygen atoms in total. The fraction of sp³-hybridized carbons (Fsp3) is 0.650. The number of unbranched alkanes of at least 4 members (excludes halogenated alkanes) is 2. The summed E-state index contributed by atoms with van der Waals surface area (Å²) in [5, 5.41) is 3.02. The number of morpholine rings is 1. The van der Waals surface area contributed by atoms with E-state index in [1.807, 2.05) is 12.1 Å². The van der Waals surface area contributed by atoms with Gasteiger partial charge in [0.05, 0.1) is 19.8 Å². The predicted molar refractivity (Wildman–Crippen MR) is 104 cm³/mol. The molecule has 0 aliphatic carbocycles. The number of ether oxygens (including phenoxy) is 1. The Morgan fingerprint density at radius 2 is 1.88 bits per heavy atom. The molecule has 1 N–H and O–H groups in total. The number of benzene rings is 1. The first kappa shape index (κ1) is 19.7. The van der Waals surface area contributed by atoms with Crippen molar-refractivity contribution in [2.75, 3.05) is 49.6 Å². The molecule has 1 heterocycles. The first-order chi connectivity index (χ1) is 12.1. The summed E-state index contributed by atoms with van der Waals surface area (Å²) in [7, 11) is 0. The number of anilines is 2. The topological polar surface area (TPSA) is 44.8 Å². The molecule has 25 heavy (non-hydrogen) atoms. The van der Waals surface area contributed by atoms with E-state index in [0.717, 1.165) is 45.0 Å². The summed E-state index contributed by atoms with van der Waals surface area (Å²) in [5.74, 6) is 0.0596. The van der Waals surface area contributed by atoms with Gasteiger partial charge in [-0.1, -0.05) is 19.8 Å². The second-order valence-electron chi connectivity index (χ2n) is 6.97. The highest BCUT2D eigenvalue weighted by Crippen LogP contribution is 2.19. The van der Waals surface area contributed by atoms with Crippen molar-refractivity contribution in [1.82, 2.24) is 4.90 Å². The summed E-state index contributed by atoms with van der Waals surface area (Å²) in [6.45, 7) is 11.3. The van der Waals surface area contributed by atoms with E-state index in [1.54, 1.807) is 0 Å². The van der Waals surface area contributed by atoms with Gasteiger partial charge in [0.1, 0.15) is 0 Å². The summed E-state index contributed by atoms with van der Waals surface area (Å²) in [6, 6.07) is 8.50. The van der Waals surface area contributed by atoms with Crippen molar-refractivity contribution in [3.05, 3.63) is 24.3 Å². The SMILES string of the molecule is CCCCCN(CC(=O)Nc1ccc(N2CCOCC2)cc1)C(C)C. The minimum atomic E-state index is 0.0596. The molecule has 0 spiro atoms. The van der Waals surface area contributed by atoms with E-state index in [1.165, 1.54) is 18.5 Å². The van der Waals surface area contributed by atoms with Crippen LogP contribution in [-0.2, 0) is 9.53 Å². The van der Waals surface area contributed by atoms with Crippen LogP contribution in [0.4, 0.5) is 11.4 Å². The first-order valence-electron chi connectivity index (χ1n) is 9.56. The molecule has 1 fully saturated rings. The maximum atomic E-state index is 12.4. The van der Waals surface area contributed by atoms with Crippen LogP contribution in [0.5, 0.6) is 0 Å². The van der Waals surface area contributed by atoms with Gasteiger partial charge >= 0.3 is 0 Å². The molecule has 0 bridgehead atoms. The molecule has 0 aromatic heterocycles. The zero-order valence-electron chi connectivity index (χ0n) is 16.0. The van der Waals surface area contributed by atoms with Crippen molar-refractivity contribution in [3.8, 4) is 0 Å². The van der Waals surface area contributed by atoms with E-state index in [2.05, 4.69) is 48.0 Å². The minimum absolute atomic E-state index is 0.0596. The molecule has 0 saturated carbocycles. The minimum Gasteiger partial charge on any atom is -0.378 e. The van der Waals surface area contributed by atoms with Gasteiger partial charge in [-0.3, -0.25) is 9.69 Å². The van der Waals surface area contributed by atoms with Crippen LogP contribution in [0.25, 0.3) is 0 Å². The Kier molecular flexibility index (Phi) is 8.22. The number of amides is 1. The Balaban J connectivity index is 1.84. The zero-order valence-corrected chi connectivity index (χ0v) is 16.0. The summed E-state index contributed by atoms with van der Waals surface area (Å²) in [6.07, 6.45) is 3.57. The summed E-state index contributed by atoms with van der Waals surface area (Å²) in [4.78, 5) is 16.9. The third kappa shape index (κ3) is 6.67. The van der Waals surface area contributed by atoms with Crippen molar-refractivity contribution < 1.29 is 9.53 Å². The molecule has 140 valence electrons. The third-order valence-electron chi connectivity index (χ3n) is 4.65. The van der Waals surface area contributed by atoms with Gasteiger partial charge in [0.25, 0.3) is 0 Å². The van der Waals surface area contributed by atoms with Gasteiger partial charge in [0.2, 0.25) is 5.91 Å². The van der Waals surface area contributed by atoms with Crippen LogP contribution in [0.15, 0.2) is 24.3 Å². The molecule has 0 atom stereocenters. The number of rotatable bonds is 9. The molecule has 1 aliphatic rings. The van der Waals surface area contributed by atoms with Gasteiger partial charge in [0.15, 0.2) is 0 Å². The molecule has 1 aliphatic heterocycles. The number of carbonyl (C=O) groups is 1. The Morgan fingerprint density at radius 3 is 2.48 bits per heavy atom. The molecule has 2 rings (SSSR count). The third-order valence-corrected chi connectivity index (χ3v) is 4.65. The van der Waals surface area contributed by atoms with Crippen molar-refractivity contribution >= 4 is 17.3 Å². The molecule has 5 heteroatoms. The maximum absolute atomic E-state index is 12.4. The highest BCUT2D eigenvalue weighted by Gasteiger charge is 2.14. The molecule has 0 radical (unpaired) electrons. The fourth-order valence-electron chi connectivity index (χ4n) is 3.05. The normalized spacial score (nSPS) is 15.0. The average Bonchev–Trinajstić information content (AvgIpc) is 2.62. The summed E-state index contributed by atoms with van der Waals surface area (Å²) < 4.78 is 5.39. The lowest BCUT2D eigenvalue weighted by molar-refractivity contribution is -0.117. The lowest BCUT2D eigenvalue weighted by Gasteiger charge is -2.29. The molecular weight excluding hydrogens is 314 g/mol.